The van der Waals surface area contributed by atoms with Crippen molar-refractivity contribution in [1.29, 1.82) is 0 Å². The monoisotopic (exact) mass is 366 g/mol. The molecule has 7 heteroatoms. The summed E-state index contributed by atoms with van der Waals surface area (Å²) in [6, 6.07) is 15.5. The molecule has 0 saturated heterocycles. The van der Waals surface area contributed by atoms with Crippen molar-refractivity contribution < 1.29 is 13.2 Å². The van der Waals surface area contributed by atoms with Crippen LogP contribution in [0, 0.1) is 0 Å². The van der Waals surface area contributed by atoms with Gasteiger partial charge in [0.2, 0.25) is 15.9 Å². The second-order valence-corrected chi connectivity index (χ2v) is 7.79. The summed E-state index contributed by atoms with van der Waals surface area (Å²) in [4.78, 5) is 12.3. The number of hydrogen-bond donors (Lipinski definition) is 1. The zero-order valence-electron chi connectivity index (χ0n) is 13.4. The van der Waals surface area contributed by atoms with Crippen molar-refractivity contribution in [3.63, 3.8) is 0 Å². The summed E-state index contributed by atoms with van der Waals surface area (Å²) in [5, 5.41) is 3.30. The number of amides is 1. The molecule has 2 rings (SSSR count). The van der Waals surface area contributed by atoms with Crippen LogP contribution in [0.5, 0.6) is 0 Å². The van der Waals surface area contributed by atoms with E-state index in [1.807, 2.05) is 37.3 Å². The molecule has 0 fully saturated rings. The predicted molar refractivity (Wildman–Crippen MR) is 96.6 cm³/mol. The van der Waals surface area contributed by atoms with Gasteiger partial charge in [0.15, 0.2) is 0 Å². The number of nitrogens with one attached hydrogen (secondary N) is 1. The van der Waals surface area contributed by atoms with Crippen molar-refractivity contribution in [2.24, 2.45) is 0 Å². The van der Waals surface area contributed by atoms with Gasteiger partial charge >= 0.3 is 0 Å². The van der Waals surface area contributed by atoms with Crippen molar-refractivity contribution in [2.75, 3.05) is 17.1 Å². The van der Waals surface area contributed by atoms with Crippen LogP contribution in [0.3, 0.4) is 0 Å². The molecular formula is C17H19ClN2O3S. The number of sulfonamides is 1. The largest absolute Gasteiger partial charge is 0.348 e. The van der Waals surface area contributed by atoms with Crippen LogP contribution in [0.1, 0.15) is 18.5 Å². The third-order valence-electron chi connectivity index (χ3n) is 3.48. The smallest absolute Gasteiger partial charge is 0.241 e. The Balaban J connectivity index is 2.12. The van der Waals surface area contributed by atoms with Crippen molar-refractivity contribution in [3.05, 3.63) is 65.2 Å². The summed E-state index contributed by atoms with van der Waals surface area (Å²) in [5.74, 6) is -0.383. The molecular weight excluding hydrogens is 348 g/mol. The van der Waals surface area contributed by atoms with E-state index in [4.69, 9.17) is 11.6 Å². The first-order valence-electron chi connectivity index (χ1n) is 7.35. The molecule has 0 aliphatic heterocycles. The average Bonchev–Trinajstić information content (AvgIpc) is 2.53. The number of carbonyl (C=O) groups is 1. The Bertz CT molecular complexity index is 792. The maximum atomic E-state index is 12.3. The van der Waals surface area contributed by atoms with Crippen LogP contribution >= 0.6 is 11.6 Å². The molecule has 0 unspecified atom stereocenters. The summed E-state index contributed by atoms with van der Waals surface area (Å²) in [7, 11) is -3.60. The van der Waals surface area contributed by atoms with E-state index in [0.717, 1.165) is 16.1 Å². The van der Waals surface area contributed by atoms with Crippen LogP contribution in [0.25, 0.3) is 0 Å². The Morgan fingerprint density at radius 2 is 1.71 bits per heavy atom. The van der Waals surface area contributed by atoms with Crippen LogP contribution in [0.4, 0.5) is 5.69 Å². The maximum absolute atomic E-state index is 12.3. The number of anilines is 1. The van der Waals surface area contributed by atoms with Crippen molar-refractivity contribution in [2.45, 2.75) is 13.0 Å². The van der Waals surface area contributed by atoms with Gasteiger partial charge < -0.3 is 5.32 Å². The normalized spacial score (nSPS) is 12.5. The summed E-state index contributed by atoms with van der Waals surface area (Å²) in [6.07, 6.45) is 1.06. The minimum Gasteiger partial charge on any atom is -0.348 e. The van der Waals surface area contributed by atoms with E-state index in [-0.39, 0.29) is 18.5 Å². The van der Waals surface area contributed by atoms with Crippen LogP contribution in [-0.2, 0) is 14.8 Å². The molecule has 0 heterocycles. The van der Waals surface area contributed by atoms with Crippen molar-refractivity contribution in [3.8, 4) is 0 Å². The molecule has 0 bridgehead atoms. The van der Waals surface area contributed by atoms with Gasteiger partial charge in [-0.3, -0.25) is 9.10 Å². The number of halogens is 1. The quantitative estimate of drug-likeness (QED) is 0.854. The number of rotatable bonds is 6. The van der Waals surface area contributed by atoms with Gasteiger partial charge in [0.25, 0.3) is 0 Å². The molecule has 0 aliphatic carbocycles. The van der Waals surface area contributed by atoms with Gasteiger partial charge in [-0.2, -0.15) is 0 Å². The van der Waals surface area contributed by atoms with E-state index >= 15 is 0 Å². The van der Waals surface area contributed by atoms with Gasteiger partial charge in [0.1, 0.15) is 6.54 Å². The zero-order valence-corrected chi connectivity index (χ0v) is 15.0. The van der Waals surface area contributed by atoms with E-state index < -0.39 is 10.0 Å². The SMILES string of the molecule is C[C@@H](NC(=O)CN(c1ccc(Cl)cc1)S(C)(=O)=O)c1ccccc1. The highest BCUT2D eigenvalue weighted by molar-refractivity contribution is 7.92. The standard InChI is InChI=1S/C17H19ClN2O3S/c1-13(14-6-4-3-5-7-14)19-17(21)12-20(24(2,22)23)16-10-8-15(18)9-11-16/h3-11,13H,12H2,1-2H3,(H,19,21)/t13-/m1/s1. The third-order valence-corrected chi connectivity index (χ3v) is 4.87. The first-order valence-corrected chi connectivity index (χ1v) is 9.57. The van der Waals surface area contributed by atoms with Gasteiger partial charge in [-0.15, -0.1) is 0 Å². The number of nitrogens with zero attached hydrogens (tertiary/aromatic N) is 1. The summed E-state index contributed by atoms with van der Waals surface area (Å²) in [6.45, 7) is 1.55. The van der Waals surface area contributed by atoms with Crippen LogP contribution in [0.15, 0.2) is 54.6 Å². The minimum absolute atomic E-state index is 0.217. The second kappa shape index (κ2) is 7.68. The Hall–Kier alpha value is -2.05. The fraction of sp³-hybridized carbons (Fsp3) is 0.235. The lowest BCUT2D eigenvalue weighted by atomic mass is 10.1. The second-order valence-electron chi connectivity index (χ2n) is 5.45. The predicted octanol–water partition coefficient (Wildman–Crippen LogP) is 2.98. The molecule has 1 amide bonds. The molecule has 0 saturated carbocycles. The van der Waals surface area contributed by atoms with Gasteiger partial charge in [-0.25, -0.2) is 8.42 Å². The van der Waals surface area contributed by atoms with Gasteiger partial charge in [-0.05, 0) is 36.8 Å². The summed E-state index contributed by atoms with van der Waals surface area (Å²) in [5.41, 5.74) is 1.34. The highest BCUT2D eigenvalue weighted by atomic mass is 35.5. The van der Waals surface area contributed by atoms with E-state index in [0.29, 0.717) is 10.7 Å². The van der Waals surface area contributed by atoms with Crippen LogP contribution < -0.4 is 9.62 Å². The molecule has 1 atom stereocenters. The van der Waals surface area contributed by atoms with Crippen LogP contribution in [-0.4, -0.2) is 27.1 Å². The molecule has 1 N–H and O–H groups in total. The number of hydrogen-bond acceptors (Lipinski definition) is 3. The van der Waals surface area contributed by atoms with Crippen molar-refractivity contribution in [1.82, 2.24) is 5.32 Å². The first-order chi connectivity index (χ1) is 11.3. The molecule has 0 aliphatic rings. The van der Waals surface area contributed by atoms with Crippen LogP contribution in [0.2, 0.25) is 5.02 Å². The van der Waals surface area contributed by atoms with Crippen molar-refractivity contribution >= 4 is 33.2 Å². The summed E-state index contributed by atoms with van der Waals surface area (Å²) >= 11 is 5.83. The molecule has 24 heavy (non-hydrogen) atoms. The average molecular weight is 367 g/mol. The fourth-order valence-corrected chi connectivity index (χ4v) is 3.23. The Kier molecular flexibility index (Phi) is 5.85. The number of benzene rings is 2. The maximum Gasteiger partial charge on any atom is 0.241 e. The Morgan fingerprint density at radius 3 is 2.25 bits per heavy atom. The molecule has 2 aromatic rings. The lowest BCUT2D eigenvalue weighted by Crippen LogP contribution is -2.41. The molecule has 0 aromatic heterocycles. The lowest BCUT2D eigenvalue weighted by molar-refractivity contribution is -0.120. The first kappa shape index (κ1) is 18.3. The molecule has 2 aromatic carbocycles. The van der Waals surface area contributed by atoms with E-state index in [9.17, 15) is 13.2 Å². The van der Waals surface area contributed by atoms with E-state index in [1.165, 1.54) is 0 Å². The van der Waals surface area contributed by atoms with E-state index in [2.05, 4.69) is 5.32 Å². The third kappa shape index (κ3) is 4.97. The highest BCUT2D eigenvalue weighted by Crippen LogP contribution is 2.20. The topological polar surface area (TPSA) is 66.5 Å². The molecule has 128 valence electrons. The highest BCUT2D eigenvalue weighted by Gasteiger charge is 2.21. The van der Waals surface area contributed by atoms with Gasteiger partial charge in [0, 0.05) is 5.02 Å². The zero-order chi connectivity index (χ0) is 17.7. The molecule has 5 nitrogen and oxygen atoms in total. The van der Waals surface area contributed by atoms with Gasteiger partial charge in [0.05, 0.1) is 18.0 Å². The summed E-state index contributed by atoms with van der Waals surface area (Å²) < 4.78 is 25.1. The minimum atomic E-state index is -3.60. The molecule has 0 radical (unpaired) electrons. The van der Waals surface area contributed by atoms with E-state index in [1.54, 1.807) is 24.3 Å². The molecule has 0 spiro atoms. The fourth-order valence-electron chi connectivity index (χ4n) is 2.25. The lowest BCUT2D eigenvalue weighted by Gasteiger charge is -2.23. The Morgan fingerprint density at radius 1 is 1.12 bits per heavy atom. The number of carbonyl (C=O) groups excluding carboxylic acids is 1. The van der Waals surface area contributed by atoms with Gasteiger partial charge in [-0.1, -0.05) is 41.9 Å². The Labute approximate surface area is 147 Å².